The first-order valence-corrected chi connectivity index (χ1v) is 6.73. The van der Waals surface area contributed by atoms with Crippen molar-refractivity contribution < 1.29 is 9.90 Å². The van der Waals surface area contributed by atoms with Gasteiger partial charge in [-0.15, -0.1) is 6.58 Å². The number of hydrogen-bond donors (Lipinski definition) is 1. The third-order valence-electron chi connectivity index (χ3n) is 3.61. The maximum Gasteiger partial charge on any atom is 0.320 e. The highest BCUT2D eigenvalue weighted by molar-refractivity contribution is 5.73. The van der Waals surface area contributed by atoms with Gasteiger partial charge in [0.05, 0.1) is 0 Å². The lowest BCUT2D eigenvalue weighted by molar-refractivity contribution is -0.145. The first-order valence-electron chi connectivity index (χ1n) is 6.73. The number of carboxylic acid groups (broad SMARTS) is 1. The number of likely N-dealkylation sites (tertiary alicyclic amines) is 1. The van der Waals surface area contributed by atoms with E-state index in [1.54, 1.807) is 0 Å². The third kappa shape index (κ3) is 4.90. The monoisotopic (exact) mass is 239 g/mol. The van der Waals surface area contributed by atoms with Crippen LogP contribution in [0.4, 0.5) is 0 Å². The highest BCUT2D eigenvalue weighted by atomic mass is 16.4. The van der Waals surface area contributed by atoms with Gasteiger partial charge in [-0.3, -0.25) is 9.69 Å². The Balaban J connectivity index is 2.29. The van der Waals surface area contributed by atoms with Crippen molar-refractivity contribution in [2.45, 2.75) is 51.5 Å². The fourth-order valence-electron chi connectivity index (χ4n) is 2.50. The zero-order valence-electron chi connectivity index (χ0n) is 10.9. The largest absolute Gasteiger partial charge is 0.480 e. The summed E-state index contributed by atoms with van der Waals surface area (Å²) in [7, 11) is 0. The van der Waals surface area contributed by atoms with E-state index in [0.29, 0.717) is 5.92 Å². The van der Waals surface area contributed by atoms with Gasteiger partial charge < -0.3 is 5.11 Å². The molecule has 2 atom stereocenters. The molecule has 1 aliphatic heterocycles. The first kappa shape index (κ1) is 14.2. The topological polar surface area (TPSA) is 40.5 Å². The van der Waals surface area contributed by atoms with Gasteiger partial charge in [0.2, 0.25) is 0 Å². The molecule has 17 heavy (non-hydrogen) atoms. The Bertz CT molecular complexity index is 253. The molecule has 1 saturated heterocycles. The average molecular weight is 239 g/mol. The molecule has 0 aromatic rings. The molecule has 0 aliphatic carbocycles. The summed E-state index contributed by atoms with van der Waals surface area (Å²) >= 11 is 0. The van der Waals surface area contributed by atoms with Crippen LogP contribution in [0.2, 0.25) is 0 Å². The zero-order valence-corrected chi connectivity index (χ0v) is 10.9. The number of rotatable bonds is 7. The number of nitrogens with zero attached hydrogens (tertiary/aromatic N) is 1. The van der Waals surface area contributed by atoms with Gasteiger partial charge in [0, 0.05) is 0 Å². The second-order valence-electron chi connectivity index (χ2n) is 5.16. The van der Waals surface area contributed by atoms with Crippen molar-refractivity contribution in [3.05, 3.63) is 12.7 Å². The fraction of sp³-hybridized carbons (Fsp3) is 0.786. The Labute approximate surface area is 105 Å². The number of carbonyl (C=O) groups is 1. The zero-order chi connectivity index (χ0) is 12.7. The van der Waals surface area contributed by atoms with E-state index in [1.165, 1.54) is 12.8 Å². The Morgan fingerprint density at radius 1 is 1.47 bits per heavy atom. The summed E-state index contributed by atoms with van der Waals surface area (Å²) in [5.74, 6) is -0.101. The molecule has 98 valence electrons. The summed E-state index contributed by atoms with van der Waals surface area (Å²) in [5, 5.41) is 9.21. The SMILES string of the molecule is C=CCCCCCN1CCC(C)CC1C(=O)O. The Morgan fingerprint density at radius 3 is 2.88 bits per heavy atom. The van der Waals surface area contributed by atoms with E-state index in [2.05, 4.69) is 18.4 Å². The molecule has 0 bridgehead atoms. The maximum atomic E-state index is 11.2. The van der Waals surface area contributed by atoms with Gasteiger partial charge in [-0.25, -0.2) is 0 Å². The van der Waals surface area contributed by atoms with Crippen molar-refractivity contribution in [3.63, 3.8) is 0 Å². The lowest BCUT2D eigenvalue weighted by Crippen LogP contribution is -2.47. The smallest absolute Gasteiger partial charge is 0.320 e. The molecular formula is C14H25NO2. The van der Waals surface area contributed by atoms with Crippen LogP contribution in [0.15, 0.2) is 12.7 Å². The summed E-state index contributed by atoms with van der Waals surface area (Å²) in [4.78, 5) is 13.3. The maximum absolute atomic E-state index is 11.2. The van der Waals surface area contributed by atoms with Gasteiger partial charge in [-0.2, -0.15) is 0 Å². The number of allylic oxidation sites excluding steroid dienone is 1. The van der Waals surface area contributed by atoms with E-state index < -0.39 is 5.97 Å². The molecule has 3 heteroatoms. The van der Waals surface area contributed by atoms with Crippen LogP contribution in [0.3, 0.4) is 0 Å². The standard InChI is InChI=1S/C14H25NO2/c1-3-4-5-6-7-9-15-10-8-12(2)11-13(15)14(16)17/h3,12-13H,1,4-11H2,2H3,(H,16,17). The predicted molar refractivity (Wildman–Crippen MR) is 70.1 cm³/mol. The van der Waals surface area contributed by atoms with Gasteiger partial charge >= 0.3 is 5.97 Å². The molecule has 1 rings (SSSR count). The minimum Gasteiger partial charge on any atom is -0.480 e. The normalized spacial score (nSPS) is 25.7. The molecule has 1 aliphatic rings. The van der Waals surface area contributed by atoms with Crippen LogP contribution in [0.1, 0.15) is 45.4 Å². The highest BCUT2D eigenvalue weighted by Gasteiger charge is 2.30. The number of unbranched alkanes of at least 4 members (excludes halogenated alkanes) is 3. The van der Waals surface area contributed by atoms with Crippen molar-refractivity contribution in [1.82, 2.24) is 4.90 Å². The van der Waals surface area contributed by atoms with Crippen molar-refractivity contribution >= 4 is 5.97 Å². The number of carboxylic acids is 1. The second-order valence-corrected chi connectivity index (χ2v) is 5.16. The molecule has 1 fully saturated rings. The number of aliphatic carboxylic acids is 1. The van der Waals surface area contributed by atoms with Crippen LogP contribution in [0.25, 0.3) is 0 Å². The number of piperidine rings is 1. The van der Waals surface area contributed by atoms with Crippen LogP contribution < -0.4 is 0 Å². The van der Waals surface area contributed by atoms with Gasteiger partial charge in [-0.1, -0.05) is 19.4 Å². The lowest BCUT2D eigenvalue weighted by atomic mass is 9.92. The molecule has 2 unspecified atom stereocenters. The second kappa shape index (κ2) is 7.49. The van der Waals surface area contributed by atoms with Crippen molar-refractivity contribution in [1.29, 1.82) is 0 Å². The van der Waals surface area contributed by atoms with E-state index >= 15 is 0 Å². The Kier molecular flexibility index (Phi) is 6.27. The quantitative estimate of drug-likeness (QED) is 0.548. The molecule has 3 nitrogen and oxygen atoms in total. The van der Waals surface area contributed by atoms with E-state index in [4.69, 9.17) is 0 Å². The third-order valence-corrected chi connectivity index (χ3v) is 3.61. The summed E-state index contributed by atoms with van der Waals surface area (Å²) in [6.45, 7) is 7.73. The summed E-state index contributed by atoms with van der Waals surface area (Å²) in [6.07, 6.45) is 8.41. The molecule has 0 aromatic heterocycles. The van der Waals surface area contributed by atoms with Gasteiger partial charge in [0.25, 0.3) is 0 Å². The summed E-state index contributed by atoms with van der Waals surface area (Å²) < 4.78 is 0. The van der Waals surface area contributed by atoms with Crippen LogP contribution >= 0.6 is 0 Å². The molecule has 0 aromatic carbocycles. The molecule has 0 saturated carbocycles. The predicted octanol–water partition coefficient (Wildman–Crippen LogP) is 2.92. The van der Waals surface area contributed by atoms with E-state index in [0.717, 1.165) is 38.8 Å². The minimum atomic E-state index is -0.650. The first-order chi connectivity index (χ1) is 8.15. The molecular weight excluding hydrogens is 214 g/mol. The lowest BCUT2D eigenvalue weighted by Gasteiger charge is -2.35. The molecule has 0 spiro atoms. The van der Waals surface area contributed by atoms with E-state index in [-0.39, 0.29) is 6.04 Å². The van der Waals surface area contributed by atoms with Crippen LogP contribution in [0, 0.1) is 5.92 Å². The van der Waals surface area contributed by atoms with Crippen LogP contribution in [0.5, 0.6) is 0 Å². The summed E-state index contributed by atoms with van der Waals surface area (Å²) in [6, 6.07) is -0.252. The van der Waals surface area contributed by atoms with Crippen LogP contribution in [-0.2, 0) is 4.79 Å². The van der Waals surface area contributed by atoms with Crippen molar-refractivity contribution in [2.24, 2.45) is 5.92 Å². The molecule has 0 amide bonds. The van der Waals surface area contributed by atoms with Crippen molar-refractivity contribution in [3.8, 4) is 0 Å². The number of hydrogen-bond acceptors (Lipinski definition) is 2. The molecule has 0 radical (unpaired) electrons. The van der Waals surface area contributed by atoms with E-state index in [9.17, 15) is 9.90 Å². The summed E-state index contributed by atoms with van der Waals surface area (Å²) in [5.41, 5.74) is 0. The fourth-order valence-corrected chi connectivity index (χ4v) is 2.50. The van der Waals surface area contributed by atoms with Gasteiger partial charge in [-0.05, 0) is 51.1 Å². The minimum absolute atomic E-state index is 0.252. The Hall–Kier alpha value is -0.830. The highest BCUT2D eigenvalue weighted by Crippen LogP contribution is 2.23. The van der Waals surface area contributed by atoms with Crippen molar-refractivity contribution in [2.75, 3.05) is 13.1 Å². The Morgan fingerprint density at radius 2 is 2.24 bits per heavy atom. The van der Waals surface area contributed by atoms with Crippen LogP contribution in [-0.4, -0.2) is 35.1 Å². The van der Waals surface area contributed by atoms with Gasteiger partial charge in [0.1, 0.15) is 6.04 Å². The molecule has 1 heterocycles. The average Bonchev–Trinajstić information content (AvgIpc) is 2.30. The van der Waals surface area contributed by atoms with E-state index in [1.807, 2.05) is 6.08 Å². The van der Waals surface area contributed by atoms with Gasteiger partial charge in [0.15, 0.2) is 0 Å². The molecule has 1 N–H and O–H groups in total.